The number of alkyl halides is 3. The molecule has 0 radical (unpaired) electrons. The molecule has 1 amide bonds. The monoisotopic (exact) mass is 401 g/mol. The first-order valence-corrected chi connectivity index (χ1v) is 8.26. The van der Waals surface area contributed by atoms with Crippen molar-refractivity contribution in [2.24, 2.45) is 0 Å². The van der Waals surface area contributed by atoms with Crippen LogP contribution in [-0.2, 0) is 0 Å². The molecule has 0 aliphatic rings. The van der Waals surface area contributed by atoms with E-state index in [0.717, 1.165) is 11.6 Å². The van der Waals surface area contributed by atoms with Crippen LogP contribution in [0.4, 0.5) is 11.4 Å². The molecular formula is C16H14Cl3N3O3. The van der Waals surface area contributed by atoms with Crippen molar-refractivity contribution in [1.82, 2.24) is 5.32 Å². The van der Waals surface area contributed by atoms with Crippen LogP contribution >= 0.6 is 34.8 Å². The molecule has 132 valence electrons. The summed E-state index contributed by atoms with van der Waals surface area (Å²) in [6.45, 7) is 1.86. The van der Waals surface area contributed by atoms with E-state index >= 15 is 0 Å². The van der Waals surface area contributed by atoms with Crippen molar-refractivity contribution in [2.75, 3.05) is 5.32 Å². The van der Waals surface area contributed by atoms with Gasteiger partial charge in [0.15, 0.2) is 0 Å². The van der Waals surface area contributed by atoms with Crippen molar-refractivity contribution >= 4 is 52.1 Å². The predicted molar refractivity (Wildman–Crippen MR) is 99.4 cm³/mol. The van der Waals surface area contributed by atoms with E-state index in [-0.39, 0.29) is 11.3 Å². The zero-order valence-corrected chi connectivity index (χ0v) is 15.3. The Balaban J connectivity index is 2.23. The van der Waals surface area contributed by atoms with Crippen LogP contribution in [0.5, 0.6) is 0 Å². The maximum Gasteiger partial charge on any atom is 0.270 e. The zero-order chi connectivity index (χ0) is 18.6. The first kappa shape index (κ1) is 19.3. The van der Waals surface area contributed by atoms with Crippen LogP contribution in [0.15, 0.2) is 48.5 Å². The number of nitrogens with zero attached hydrogens (tertiary/aromatic N) is 1. The van der Waals surface area contributed by atoms with Gasteiger partial charge >= 0.3 is 0 Å². The Kier molecular flexibility index (Phi) is 6.11. The molecule has 2 aromatic rings. The fourth-order valence-corrected chi connectivity index (χ4v) is 2.39. The third kappa shape index (κ3) is 5.22. The number of aryl methyl sites for hydroxylation is 1. The van der Waals surface area contributed by atoms with Gasteiger partial charge in [0, 0.05) is 23.4 Å². The van der Waals surface area contributed by atoms with E-state index in [1.807, 2.05) is 19.1 Å². The summed E-state index contributed by atoms with van der Waals surface area (Å²) in [7, 11) is 0. The van der Waals surface area contributed by atoms with Crippen molar-refractivity contribution in [1.29, 1.82) is 0 Å². The lowest BCUT2D eigenvalue weighted by Crippen LogP contribution is -2.49. The van der Waals surface area contributed by atoms with Crippen LogP contribution in [0, 0.1) is 17.0 Å². The minimum Gasteiger partial charge on any atom is -0.362 e. The summed E-state index contributed by atoms with van der Waals surface area (Å²) in [5.41, 5.74) is 1.45. The van der Waals surface area contributed by atoms with Gasteiger partial charge in [-0.25, -0.2) is 0 Å². The van der Waals surface area contributed by atoms with Crippen molar-refractivity contribution in [3.8, 4) is 0 Å². The second kappa shape index (κ2) is 7.91. The van der Waals surface area contributed by atoms with Gasteiger partial charge in [-0.3, -0.25) is 14.9 Å². The van der Waals surface area contributed by atoms with Gasteiger partial charge in [0.2, 0.25) is 3.79 Å². The van der Waals surface area contributed by atoms with Gasteiger partial charge in [-0.1, -0.05) is 59.1 Å². The molecule has 0 saturated carbocycles. The summed E-state index contributed by atoms with van der Waals surface area (Å²) < 4.78 is -1.85. The normalized spacial score (nSPS) is 12.3. The number of nitro groups is 1. The highest BCUT2D eigenvalue weighted by atomic mass is 35.6. The Morgan fingerprint density at radius 2 is 1.84 bits per heavy atom. The Hall–Kier alpha value is -2.02. The van der Waals surface area contributed by atoms with Gasteiger partial charge < -0.3 is 10.6 Å². The molecule has 25 heavy (non-hydrogen) atoms. The molecule has 0 aromatic heterocycles. The summed E-state index contributed by atoms with van der Waals surface area (Å²) in [5, 5.41) is 16.3. The van der Waals surface area contributed by atoms with Crippen LogP contribution < -0.4 is 10.6 Å². The minimum absolute atomic E-state index is 0.0834. The maximum absolute atomic E-state index is 12.4. The Labute approximate surface area is 159 Å². The lowest BCUT2D eigenvalue weighted by molar-refractivity contribution is -0.384. The van der Waals surface area contributed by atoms with Gasteiger partial charge in [0.1, 0.15) is 6.17 Å². The number of carbonyl (C=O) groups excluding carboxylic acids is 1. The summed E-state index contributed by atoms with van der Waals surface area (Å²) >= 11 is 17.9. The largest absolute Gasteiger partial charge is 0.362 e. The molecule has 9 heteroatoms. The van der Waals surface area contributed by atoms with E-state index in [0.29, 0.717) is 5.69 Å². The predicted octanol–water partition coefficient (Wildman–Crippen LogP) is 4.44. The molecule has 0 aliphatic heterocycles. The van der Waals surface area contributed by atoms with E-state index in [4.69, 9.17) is 34.8 Å². The minimum atomic E-state index is -1.85. The highest BCUT2D eigenvalue weighted by molar-refractivity contribution is 6.68. The van der Waals surface area contributed by atoms with Crippen LogP contribution in [0.3, 0.4) is 0 Å². The van der Waals surface area contributed by atoms with Crippen LogP contribution in [0.2, 0.25) is 0 Å². The van der Waals surface area contributed by atoms with E-state index in [2.05, 4.69) is 10.6 Å². The van der Waals surface area contributed by atoms with Gasteiger partial charge in [-0.15, -0.1) is 0 Å². The Morgan fingerprint density at radius 3 is 2.44 bits per heavy atom. The number of hydrogen-bond donors (Lipinski definition) is 2. The molecule has 0 spiro atoms. The lowest BCUT2D eigenvalue weighted by atomic mass is 10.2. The molecule has 2 N–H and O–H groups in total. The van der Waals surface area contributed by atoms with Gasteiger partial charge in [-0.2, -0.15) is 0 Å². The zero-order valence-electron chi connectivity index (χ0n) is 13.0. The molecular weight excluding hydrogens is 389 g/mol. The van der Waals surface area contributed by atoms with E-state index < -0.39 is 20.8 Å². The molecule has 0 unspecified atom stereocenters. The average Bonchev–Trinajstić information content (AvgIpc) is 2.55. The molecule has 0 fully saturated rings. The molecule has 0 heterocycles. The number of benzene rings is 2. The summed E-state index contributed by atoms with van der Waals surface area (Å²) in [5.74, 6) is -0.610. The summed E-state index contributed by atoms with van der Waals surface area (Å²) in [4.78, 5) is 22.6. The topological polar surface area (TPSA) is 84.3 Å². The van der Waals surface area contributed by atoms with Gasteiger partial charge in [0.05, 0.1) is 4.92 Å². The number of nitro benzene ring substituents is 1. The number of non-ortho nitro benzene ring substituents is 1. The molecule has 0 aliphatic carbocycles. The third-order valence-corrected chi connectivity index (χ3v) is 4.02. The van der Waals surface area contributed by atoms with E-state index in [1.165, 1.54) is 18.2 Å². The number of nitrogens with one attached hydrogen (secondary N) is 2. The Bertz CT molecular complexity index is 793. The van der Waals surface area contributed by atoms with Crippen LogP contribution in [0.25, 0.3) is 0 Å². The maximum atomic E-state index is 12.4. The number of anilines is 1. The highest BCUT2D eigenvalue weighted by Gasteiger charge is 2.34. The second-order valence-electron chi connectivity index (χ2n) is 5.21. The smallest absolute Gasteiger partial charge is 0.270 e. The number of para-hydroxylation sites is 1. The van der Waals surface area contributed by atoms with Crippen molar-refractivity contribution in [2.45, 2.75) is 16.9 Å². The van der Waals surface area contributed by atoms with Crippen molar-refractivity contribution in [3.05, 3.63) is 69.8 Å². The quantitative estimate of drug-likeness (QED) is 0.335. The molecule has 0 saturated heterocycles. The SMILES string of the molecule is Cc1ccccc1N[C@@H](NC(=O)c1cccc([N+](=O)[O-])c1)C(Cl)(Cl)Cl. The fourth-order valence-electron chi connectivity index (χ4n) is 2.07. The van der Waals surface area contributed by atoms with E-state index in [9.17, 15) is 14.9 Å². The van der Waals surface area contributed by atoms with Crippen LogP contribution in [-0.4, -0.2) is 20.8 Å². The molecule has 0 bridgehead atoms. The lowest BCUT2D eigenvalue weighted by Gasteiger charge is -2.28. The summed E-state index contributed by atoms with van der Waals surface area (Å²) in [6, 6.07) is 12.6. The average molecular weight is 403 g/mol. The summed E-state index contributed by atoms with van der Waals surface area (Å²) in [6.07, 6.45) is -1.05. The van der Waals surface area contributed by atoms with Gasteiger partial charge in [-0.05, 0) is 24.6 Å². The van der Waals surface area contributed by atoms with Crippen LogP contribution in [0.1, 0.15) is 15.9 Å². The number of carbonyl (C=O) groups is 1. The molecule has 1 atom stereocenters. The number of halogens is 3. The number of rotatable bonds is 5. The molecule has 6 nitrogen and oxygen atoms in total. The van der Waals surface area contributed by atoms with Crippen molar-refractivity contribution in [3.63, 3.8) is 0 Å². The molecule has 2 rings (SSSR count). The fraction of sp³-hybridized carbons (Fsp3) is 0.188. The third-order valence-electron chi connectivity index (χ3n) is 3.37. The number of amides is 1. The molecule has 2 aromatic carbocycles. The highest BCUT2D eigenvalue weighted by Crippen LogP contribution is 2.32. The second-order valence-corrected chi connectivity index (χ2v) is 7.58. The Morgan fingerprint density at radius 1 is 1.16 bits per heavy atom. The first-order valence-electron chi connectivity index (χ1n) is 7.12. The first-order chi connectivity index (χ1) is 11.7. The van der Waals surface area contributed by atoms with Crippen molar-refractivity contribution < 1.29 is 9.72 Å². The standard InChI is InChI=1S/C16H14Cl3N3O3/c1-10-5-2-3-8-13(10)20-15(16(17,18)19)21-14(23)11-6-4-7-12(9-11)22(24)25/h2-9,15,20H,1H3,(H,21,23)/t15-/m0/s1. The van der Waals surface area contributed by atoms with E-state index in [1.54, 1.807) is 12.1 Å². The van der Waals surface area contributed by atoms with Gasteiger partial charge in [0.25, 0.3) is 11.6 Å². The number of hydrogen-bond acceptors (Lipinski definition) is 4.